The SMILES string of the molecule is COc1ccc(S(=O)(=O)N2CCCC23CCCNC3=O)cc1. The van der Waals surface area contributed by atoms with Crippen molar-refractivity contribution in [2.24, 2.45) is 0 Å². The van der Waals surface area contributed by atoms with Crippen molar-refractivity contribution < 1.29 is 17.9 Å². The van der Waals surface area contributed by atoms with Gasteiger partial charge in [0, 0.05) is 13.1 Å². The zero-order valence-corrected chi connectivity index (χ0v) is 13.4. The number of carbonyl (C=O) groups excluding carboxylic acids is 1. The van der Waals surface area contributed by atoms with Gasteiger partial charge in [-0.2, -0.15) is 4.31 Å². The van der Waals surface area contributed by atoms with Crippen LogP contribution in [-0.4, -0.2) is 44.4 Å². The minimum atomic E-state index is -3.69. The number of piperidine rings is 1. The number of hydrogen-bond donors (Lipinski definition) is 1. The molecule has 2 aliphatic heterocycles. The number of amides is 1. The molecule has 120 valence electrons. The van der Waals surface area contributed by atoms with Crippen LogP contribution in [-0.2, 0) is 14.8 Å². The Balaban J connectivity index is 1.98. The molecule has 1 aromatic carbocycles. The van der Waals surface area contributed by atoms with Gasteiger partial charge < -0.3 is 10.1 Å². The Kier molecular flexibility index (Phi) is 3.86. The van der Waals surface area contributed by atoms with Crippen LogP contribution in [0.4, 0.5) is 0 Å². The van der Waals surface area contributed by atoms with Crippen LogP contribution in [0.2, 0.25) is 0 Å². The van der Waals surface area contributed by atoms with Gasteiger partial charge in [-0.05, 0) is 49.9 Å². The molecule has 6 nitrogen and oxygen atoms in total. The molecular formula is C15H20N2O4S. The predicted molar refractivity (Wildman–Crippen MR) is 81.1 cm³/mol. The molecule has 7 heteroatoms. The number of methoxy groups -OCH3 is 1. The van der Waals surface area contributed by atoms with Gasteiger partial charge in [0.25, 0.3) is 0 Å². The van der Waals surface area contributed by atoms with E-state index >= 15 is 0 Å². The van der Waals surface area contributed by atoms with Gasteiger partial charge in [0.15, 0.2) is 0 Å². The first-order valence-electron chi connectivity index (χ1n) is 7.46. The van der Waals surface area contributed by atoms with Crippen LogP contribution in [0.3, 0.4) is 0 Å². The molecule has 2 saturated heterocycles. The monoisotopic (exact) mass is 324 g/mol. The summed E-state index contributed by atoms with van der Waals surface area (Å²) in [6, 6.07) is 6.30. The molecule has 1 aromatic rings. The summed E-state index contributed by atoms with van der Waals surface area (Å²) in [6.45, 7) is 1.01. The summed E-state index contributed by atoms with van der Waals surface area (Å²) in [5, 5.41) is 2.82. The lowest BCUT2D eigenvalue weighted by Gasteiger charge is -2.39. The summed E-state index contributed by atoms with van der Waals surface area (Å²) in [6.07, 6.45) is 2.70. The highest BCUT2D eigenvalue weighted by Gasteiger charge is 2.53. The van der Waals surface area contributed by atoms with Crippen molar-refractivity contribution in [2.75, 3.05) is 20.2 Å². The fraction of sp³-hybridized carbons (Fsp3) is 0.533. The van der Waals surface area contributed by atoms with E-state index in [1.807, 2.05) is 0 Å². The van der Waals surface area contributed by atoms with E-state index in [2.05, 4.69) is 5.32 Å². The van der Waals surface area contributed by atoms with Crippen molar-refractivity contribution in [1.82, 2.24) is 9.62 Å². The van der Waals surface area contributed by atoms with Crippen LogP contribution in [0.5, 0.6) is 5.75 Å². The number of nitrogens with zero attached hydrogens (tertiary/aromatic N) is 1. The van der Waals surface area contributed by atoms with E-state index in [4.69, 9.17) is 4.74 Å². The van der Waals surface area contributed by atoms with E-state index in [0.717, 1.165) is 6.42 Å². The number of ether oxygens (including phenoxy) is 1. The summed E-state index contributed by atoms with van der Waals surface area (Å²) < 4.78 is 32.4. The average molecular weight is 324 g/mol. The molecule has 1 N–H and O–H groups in total. The van der Waals surface area contributed by atoms with Crippen LogP contribution >= 0.6 is 0 Å². The van der Waals surface area contributed by atoms with E-state index in [1.165, 1.54) is 23.5 Å². The van der Waals surface area contributed by atoms with Crippen LogP contribution < -0.4 is 10.1 Å². The van der Waals surface area contributed by atoms with Crippen molar-refractivity contribution in [1.29, 1.82) is 0 Å². The molecule has 2 fully saturated rings. The normalized spacial score (nSPS) is 26.1. The van der Waals surface area contributed by atoms with Crippen molar-refractivity contribution in [2.45, 2.75) is 36.1 Å². The van der Waals surface area contributed by atoms with Crippen LogP contribution in [0.15, 0.2) is 29.2 Å². The van der Waals surface area contributed by atoms with Gasteiger partial charge in [0.1, 0.15) is 11.3 Å². The lowest BCUT2D eigenvalue weighted by Crippen LogP contribution is -2.60. The Labute approximate surface area is 130 Å². The maximum atomic E-state index is 13.0. The highest BCUT2D eigenvalue weighted by atomic mass is 32.2. The average Bonchev–Trinajstić information content (AvgIpc) is 2.96. The van der Waals surface area contributed by atoms with E-state index in [-0.39, 0.29) is 10.8 Å². The van der Waals surface area contributed by atoms with Gasteiger partial charge >= 0.3 is 0 Å². The van der Waals surface area contributed by atoms with E-state index in [1.54, 1.807) is 12.1 Å². The standard InChI is InChI=1S/C15H20N2O4S/c1-21-12-4-6-13(7-5-12)22(19,20)17-11-3-9-15(17)8-2-10-16-14(15)18/h4-7H,2-3,8-11H2,1H3,(H,16,18). The first-order valence-corrected chi connectivity index (χ1v) is 8.90. The fourth-order valence-corrected chi connectivity index (χ4v) is 5.25. The van der Waals surface area contributed by atoms with Crippen molar-refractivity contribution >= 4 is 15.9 Å². The quantitative estimate of drug-likeness (QED) is 0.904. The molecule has 0 aromatic heterocycles. The van der Waals surface area contributed by atoms with E-state index in [0.29, 0.717) is 38.1 Å². The number of carbonyl (C=O) groups is 1. The van der Waals surface area contributed by atoms with Gasteiger partial charge in [-0.25, -0.2) is 8.42 Å². The zero-order chi connectivity index (χ0) is 15.8. The van der Waals surface area contributed by atoms with Crippen molar-refractivity contribution in [3.05, 3.63) is 24.3 Å². The fourth-order valence-electron chi connectivity index (χ4n) is 3.42. The topological polar surface area (TPSA) is 75.7 Å². The Hall–Kier alpha value is -1.60. The summed E-state index contributed by atoms with van der Waals surface area (Å²) >= 11 is 0. The predicted octanol–water partition coefficient (Wildman–Crippen LogP) is 1.13. The molecule has 0 saturated carbocycles. The smallest absolute Gasteiger partial charge is 0.244 e. The molecule has 2 heterocycles. The molecule has 22 heavy (non-hydrogen) atoms. The first-order chi connectivity index (χ1) is 10.5. The maximum absolute atomic E-state index is 13.0. The van der Waals surface area contributed by atoms with Crippen molar-refractivity contribution in [3.8, 4) is 5.75 Å². The third-order valence-electron chi connectivity index (χ3n) is 4.55. The Morgan fingerprint density at radius 1 is 1.18 bits per heavy atom. The van der Waals surface area contributed by atoms with Crippen LogP contribution in [0, 0.1) is 0 Å². The maximum Gasteiger partial charge on any atom is 0.244 e. The Morgan fingerprint density at radius 3 is 2.50 bits per heavy atom. The van der Waals surface area contributed by atoms with Gasteiger partial charge in [0.05, 0.1) is 12.0 Å². The Morgan fingerprint density at radius 2 is 1.86 bits per heavy atom. The summed E-state index contributed by atoms with van der Waals surface area (Å²) in [7, 11) is -2.15. The molecule has 1 atom stereocenters. The largest absolute Gasteiger partial charge is 0.497 e. The zero-order valence-electron chi connectivity index (χ0n) is 12.5. The molecular weight excluding hydrogens is 304 g/mol. The molecule has 1 unspecified atom stereocenters. The molecule has 2 aliphatic rings. The minimum Gasteiger partial charge on any atom is -0.497 e. The number of benzene rings is 1. The molecule has 1 amide bonds. The van der Waals surface area contributed by atoms with Gasteiger partial charge in [-0.3, -0.25) is 4.79 Å². The highest BCUT2D eigenvalue weighted by molar-refractivity contribution is 7.89. The van der Waals surface area contributed by atoms with E-state index < -0.39 is 15.6 Å². The molecule has 1 spiro atoms. The van der Waals surface area contributed by atoms with E-state index in [9.17, 15) is 13.2 Å². The number of hydrogen-bond acceptors (Lipinski definition) is 4. The number of sulfonamides is 1. The van der Waals surface area contributed by atoms with Gasteiger partial charge in [-0.1, -0.05) is 0 Å². The third-order valence-corrected chi connectivity index (χ3v) is 6.53. The molecule has 0 bridgehead atoms. The van der Waals surface area contributed by atoms with Crippen LogP contribution in [0.1, 0.15) is 25.7 Å². The lowest BCUT2D eigenvalue weighted by molar-refractivity contribution is -0.131. The second-order valence-corrected chi connectivity index (χ2v) is 7.61. The molecule has 0 radical (unpaired) electrons. The minimum absolute atomic E-state index is 0.159. The van der Waals surface area contributed by atoms with Gasteiger partial charge in [0.2, 0.25) is 15.9 Å². The third kappa shape index (κ3) is 2.28. The number of rotatable bonds is 3. The summed E-state index contributed by atoms with van der Waals surface area (Å²) in [5.74, 6) is 0.443. The lowest BCUT2D eigenvalue weighted by atomic mass is 9.88. The number of nitrogens with one attached hydrogen (secondary N) is 1. The first kappa shape index (κ1) is 15.3. The molecule has 3 rings (SSSR count). The second kappa shape index (κ2) is 5.55. The molecule has 0 aliphatic carbocycles. The highest BCUT2D eigenvalue weighted by Crippen LogP contribution is 2.39. The summed E-state index contributed by atoms with van der Waals surface area (Å²) in [5.41, 5.74) is -0.906. The second-order valence-electron chi connectivity index (χ2n) is 5.75. The summed E-state index contributed by atoms with van der Waals surface area (Å²) in [4.78, 5) is 12.6. The van der Waals surface area contributed by atoms with Crippen LogP contribution in [0.25, 0.3) is 0 Å². The van der Waals surface area contributed by atoms with Gasteiger partial charge in [-0.15, -0.1) is 0 Å². The Bertz CT molecular complexity index is 671. The van der Waals surface area contributed by atoms with Crippen molar-refractivity contribution in [3.63, 3.8) is 0 Å².